The monoisotopic (exact) mass is 422 g/mol. The van der Waals surface area contributed by atoms with Gasteiger partial charge in [-0.15, -0.1) is 0 Å². The molecule has 0 aromatic heterocycles. The number of benzene rings is 3. The second kappa shape index (κ2) is 8.71. The summed E-state index contributed by atoms with van der Waals surface area (Å²) in [5.41, 5.74) is 4.99. The fourth-order valence-corrected chi connectivity index (χ4v) is 4.99. The summed E-state index contributed by atoms with van der Waals surface area (Å²) in [7, 11) is -3.92. The molecule has 0 saturated heterocycles. The fraction of sp³-hybridized carbons (Fsp3) is 0.208. The Morgan fingerprint density at radius 3 is 2.07 bits per heavy atom. The van der Waals surface area contributed by atoms with Gasteiger partial charge in [0.2, 0.25) is 5.91 Å². The van der Waals surface area contributed by atoms with Gasteiger partial charge in [-0.2, -0.15) is 0 Å². The number of nitrogens with zero attached hydrogens (tertiary/aromatic N) is 1. The highest BCUT2D eigenvalue weighted by Gasteiger charge is 2.28. The van der Waals surface area contributed by atoms with Gasteiger partial charge in [-0.05, 0) is 74.7 Å². The van der Waals surface area contributed by atoms with Crippen LogP contribution in [0.1, 0.15) is 22.3 Å². The molecule has 0 fully saturated rings. The van der Waals surface area contributed by atoms with Crippen LogP contribution in [0.4, 0.5) is 11.4 Å². The van der Waals surface area contributed by atoms with Crippen molar-refractivity contribution in [2.24, 2.45) is 0 Å². The minimum absolute atomic E-state index is 0.143. The first-order valence-corrected chi connectivity index (χ1v) is 11.1. The highest BCUT2D eigenvalue weighted by molar-refractivity contribution is 7.92. The number of carbonyl (C=O) groups excluding carboxylic acids is 1. The van der Waals surface area contributed by atoms with Crippen LogP contribution >= 0.6 is 0 Å². The van der Waals surface area contributed by atoms with Crippen molar-refractivity contribution in [2.45, 2.75) is 32.6 Å². The largest absolute Gasteiger partial charge is 0.324 e. The first-order valence-electron chi connectivity index (χ1n) is 9.70. The highest BCUT2D eigenvalue weighted by atomic mass is 32.2. The number of hydrogen-bond acceptors (Lipinski definition) is 3. The minimum atomic E-state index is -3.92. The third kappa shape index (κ3) is 4.89. The molecule has 1 amide bonds. The van der Waals surface area contributed by atoms with Crippen molar-refractivity contribution < 1.29 is 13.2 Å². The van der Waals surface area contributed by atoms with Gasteiger partial charge in [-0.25, -0.2) is 8.42 Å². The van der Waals surface area contributed by atoms with Gasteiger partial charge in [0.25, 0.3) is 10.0 Å². The lowest BCUT2D eigenvalue weighted by Crippen LogP contribution is -2.38. The van der Waals surface area contributed by atoms with E-state index in [1.54, 1.807) is 24.3 Å². The average molecular weight is 423 g/mol. The number of nitrogens with one attached hydrogen (secondary N) is 1. The Morgan fingerprint density at radius 2 is 1.47 bits per heavy atom. The number of anilines is 2. The molecule has 0 radical (unpaired) electrons. The Kier molecular flexibility index (Phi) is 6.27. The smallest absolute Gasteiger partial charge is 0.264 e. The maximum absolute atomic E-state index is 13.4. The summed E-state index contributed by atoms with van der Waals surface area (Å²) < 4.78 is 28.0. The summed E-state index contributed by atoms with van der Waals surface area (Å²) in [6.07, 6.45) is 0. The van der Waals surface area contributed by atoms with E-state index in [2.05, 4.69) is 5.32 Å². The second-order valence-corrected chi connectivity index (χ2v) is 9.40. The van der Waals surface area contributed by atoms with E-state index in [0.29, 0.717) is 11.4 Å². The summed E-state index contributed by atoms with van der Waals surface area (Å²) in [5.74, 6) is -0.403. The first kappa shape index (κ1) is 21.6. The fourth-order valence-electron chi connectivity index (χ4n) is 3.48. The molecule has 0 atom stereocenters. The molecule has 5 nitrogen and oxygen atoms in total. The lowest BCUT2D eigenvalue weighted by atomic mass is 10.1. The van der Waals surface area contributed by atoms with Gasteiger partial charge in [-0.1, -0.05) is 42.0 Å². The van der Waals surface area contributed by atoms with Gasteiger partial charge in [0.15, 0.2) is 0 Å². The van der Waals surface area contributed by atoms with Crippen molar-refractivity contribution in [2.75, 3.05) is 16.2 Å². The number of aryl methyl sites for hydroxylation is 4. The van der Waals surface area contributed by atoms with E-state index in [4.69, 9.17) is 0 Å². The van der Waals surface area contributed by atoms with Gasteiger partial charge in [-0.3, -0.25) is 9.10 Å². The number of hydrogen-bond donors (Lipinski definition) is 1. The zero-order chi connectivity index (χ0) is 21.9. The third-order valence-electron chi connectivity index (χ3n) is 4.74. The molecule has 0 saturated carbocycles. The molecule has 3 aromatic carbocycles. The summed E-state index contributed by atoms with van der Waals surface area (Å²) in [4.78, 5) is 13.0. The van der Waals surface area contributed by atoms with Crippen LogP contribution in [0.2, 0.25) is 0 Å². The molecular weight excluding hydrogens is 396 g/mol. The van der Waals surface area contributed by atoms with Crippen LogP contribution in [0.5, 0.6) is 0 Å². The van der Waals surface area contributed by atoms with Crippen LogP contribution in [0.3, 0.4) is 0 Å². The van der Waals surface area contributed by atoms with Gasteiger partial charge < -0.3 is 5.32 Å². The van der Waals surface area contributed by atoms with Crippen molar-refractivity contribution in [3.05, 3.63) is 89.0 Å². The van der Waals surface area contributed by atoms with Crippen LogP contribution in [0.15, 0.2) is 71.6 Å². The zero-order valence-corrected chi connectivity index (χ0v) is 18.5. The van der Waals surface area contributed by atoms with E-state index in [1.165, 1.54) is 16.4 Å². The van der Waals surface area contributed by atoms with Crippen molar-refractivity contribution >= 4 is 27.3 Å². The molecule has 1 N–H and O–H groups in total. The van der Waals surface area contributed by atoms with E-state index >= 15 is 0 Å². The molecule has 0 aliphatic carbocycles. The molecule has 0 unspecified atom stereocenters. The van der Waals surface area contributed by atoms with E-state index in [0.717, 1.165) is 22.3 Å². The molecule has 3 rings (SSSR count). The van der Waals surface area contributed by atoms with Crippen LogP contribution in [-0.4, -0.2) is 20.9 Å². The number of sulfonamides is 1. The normalized spacial score (nSPS) is 11.2. The molecule has 0 aliphatic heterocycles. The summed E-state index contributed by atoms with van der Waals surface area (Å²) >= 11 is 0. The van der Waals surface area contributed by atoms with Gasteiger partial charge in [0.1, 0.15) is 6.54 Å². The van der Waals surface area contributed by atoms with Gasteiger partial charge in [0.05, 0.1) is 10.6 Å². The second-order valence-electron chi connectivity index (χ2n) is 7.54. The maximum atomic E-state index is 13.4. The standard InChI is InChI=1S/C24H26N2O3S/c1-17-10-11-23(20(4)13-17)26(30(28,29)22-8-6-5-7-9-22)16-24(27)25-21-14-18(2)12-19(3)15-21/h5-15H,16H2,1-4H3,(H,25,27). The minimum Gasteiger partial charge on any atom is -0.324 e. The number of rotatable bonds is 6. The predicted octanol–water partition coefficient (Wildman–Crippen LogP) is 4.75. The van der Waals surface area contributed by atoms with Crippen LogP contribution in [0, 0.1) is 27.7 Å². The van der Waals surface area contributed by atoms with E-state index in [-0.39, 0.29) is 11.4 Å². The average Bonchev–Trinajstić information content (AvgIpc) is 2.66. The molecule has 30 heavy (non-hydrogen) atoms. The van der Waals surface area contributed by atoms with Gasteiger partial charge in [0, 0.05) is 5.69 Å². The summed E-state index contributed by atoms with van der Waals surface area (Å²) in [6, 6.07) is 19.4. The molecule has 3 aromatic rings. The van der Waals surface area contributed by atoms with Crippen molar-refractivity contribution in [1.29, 1.82) is 0 Å². The Bertz CT molecular complexity index is 1150. The van der Waals surface area contributed by atoms with Crippen LogP contribution in [0.25, 0.3) is 0 Å². The van der Waals surface area contributed by atoms with Crippen LogP contribution < -0.4 is 9.62 Å². The number of carbonyl (C=O) groups is 1. The van der Waals surface area contributed by atoms with E-state index in [9.17, 15) is 13.2 Å². The summed E-state index contributed by atoms with van der Waals surface area (Å²) in [6.45, 7) is 7.36. The van der Waals surface area contributed by atoms with E-state index < -0.39 is 15.9 Å². The SMILES string of the molecule is Cc1cc(C)cc(NC(=O)CN(c2ccc(C)cc2C)S(=O)(=O)c2ccccc2)c1. The lowest BCUT2D eigenvalue weighted by Gasteiger charge is -2.26. The molecule has 0 aliphatic rings. The Hall–Kier alpha value is -3.12. The zero-order valence-electron chi connectivity index (χ0n) is 17.6. The number of amides is 1. The topological polar surface area (TPSA) is 66.5 Å². The van der Waals surface area contributed by atoms with Gasteiger partial charge >= 0.3 is 0 Å². The maximum Gasteiger partial charge on any atom is 0.264 e. The molecule has 0 bridgehead atoms. The van der Waals surface area contributed by atoms with Crippen molar-refractivity contribution in [3.63, 3.8) is 0 Å². The Labute approximate surface area is 178 Å². The third-order valence-corrected chi connectivity index (χ3v) is 6.52. The summed E-state index contributed by atoms with van der Waals surface area (Å²) in [5, 5.41) is 2.83. The molecule has 156 valence electrons. The Morgan fingerprint density at radius 1 is 0.833 bits per heavy atom. The molecule has 6 heteroatoms. The highest BCUT2D eigenvalue weighted by Crippen LogP contribution is 2.27. The van der Waals surface area contributed by atoms with E-state index in [1.807, 2.05) is 58.0 Å². The molecule has 0 heterocycles. The molecule has 0 spiro atoms. The van der Waals surface area contributed by atoms with Crippen molar-refractivity contribution in [3.8, 4) is 0 Å². The Balaban J connectivity index is 1.98. The van der Waals surface area contributed by atoms with Crippen molar-refractivity contribution in [1.82, 2.24) is 0 Å². The quantitative estimate of drug-likeness (QED) is 0.623. The molecular formula is C24H26N2O3S. The first-order chi connectivity index (χ1) is 14.2. The van der Waals surface area contributed by atoms with Crippen LogP contribution in [-0.2, 0) is 14.8 Å². The predicted molar refractivity (Wildman–Crippen MR) is 121 cm³/mol. The lowest BCUT2D eigenvalue weighted by molar-refractivity contribution is -0.114.